The zero-order chi connectivity index (χ0) is 11.5. The maximum atomic E-state index is 7.32. The molecule has 88 valence electrons. The molecule has 0 spiro atoms. The fourth-order valence-electron chi connectivity index (χ4n) is 1.71. The first-order valence-electron chi connectivity index (χ1n) is 5.35. The molecule has 0 amide bonds. The first-order valence-corrected chi connectivity index (χ1v) is 6.17. The van der Waals surface area contributed by atoms with Crippen LogP contribution in [0.2, 0.25) is 0 Å². The number of hydrogen-bond acceptors (Lipinski definition) is 5. The lowest BCUT2D eigenvalue weighted by Crippen LogP contribution is -2.43. The van der Waals surface area contributed by atoms with Gasteiger partial charge >= 0.3 is 0 Å². The summed E-state index contributed by atoms with van der Waals surface area (Å²) in [5.41, 5.74) is 5.41. The summed E-state index contributed by atoms with van der Waals surface area (Å²) >= 11 is 1.52. The number of nitrogens with one attached hydrogen (secondary N) is 1. The molecule has 2 rings (SSSR count). The molecule has 2 heterocycles. The normalized spacial score (nSPS) is 18.8. The molecule has 0 saturated carbocycles. The lowest BCUT2D eigenvalue weighted by Gasteiger charge is -2.31. The van der Waals surface area contributed by atoms with Crippen LogP contribution < -0.4 is 5.73 Å². The number of nitrogens with two attached hydrogens (primary N) is 1. The van der Waals surface area contributed by atoms with Crippen molar-refractivity contribution in [3.63, 3.8) is 0 Å². The van der Waals surface area contributed by atoms with Crippen LogP contribution in [0.15, 0.2) is 6.20 Å². The fraction of sp³-hybridized carbons (Fsp3) is 0.600. The van der Waals surface area contributed by atoms with Crippen molar-refractivity contribution in [2.45, 2.75) is 6.54 Å². The molecule has 1 aliphatic heterocycles. The molecular formula is C10H17N5S. The van der Waals surface area contributed by atoms with Gasteiger partial charge in [-0.2, -0.15) is 0 Å². The van der Waals surface area contributed by atoms with Gasteiger partial charge < -0.3 is 10.6 Å². The van der Waals surface area contributed by atoms with E-state index in [0.717, 1.165) is 42.6 Å². The van der Waals surface area contributed by atoms with Crippen LogP contribution in [-0.4, -0.2) is 53.8 Å². The molecule has 1 fully saturated rings. The summed E-state index contributed by atoms with van der Waals surface area (Å²) in [5.74, 6) is 0.113. The minimum Gasteiger partial charge on any atom is -0.383 e. The molecule has 1 aromatic rings. The molecule has 0 aromatic carbocycles. The number of rotatable bonds is 3. The molecule has 3 N–H and O–H groups in total. The fourth-order valence-corrected chi connectivity index (χ4v) is 2.53. The Morgan fingerprint density at radius 1 is 1.50 bits per heavy atom. The van der Waals surface area contributed by atoms with Crippen molar-refractivity contribution in [3.8, 4) is 0 Å². The number of aromatic nitrogens is 1. The number of thiazole rings is 1. The number of hydrogen-bond donors (Lipinski definition) is 2. The van der Waals surface area contributed by atoms with Crippen LogP contribution in [0.1, 0.15) is 9.88 Å². The molecule has 0 aliphatic carbocycles. The highest BCUT2D eigenvalue weighted by Crippen LogP contribution is 2.15. The van der Waals surface area contributed by atoms with Gasteiger partial charge in [0.1, 0.15) is 10.8 Å². The van der Waals surface area contributed by atoms with Crippen LogP contribution in [-0.2, 0) is 6.54 Å². The largest absolute Gasteiger partial charge is 0.383 e. The Morgan fingerprint density at radius 2 is 2.19 bits per heavy atom. The molecule has 0 bridgehead atoms. The number of piperazine rings is 1. The third-order valence-electron chi connectivity index (χ3n) is 2.77. The zero-order valence-electron chi connectivity index (χ0n) is 9.44. The topological polar surface area (TPSA) is 69.2 Å². The average molecular weight is 239 g/mol. The van der Waals surface area contributed by atoms with Crippen LogP contribution in [0.5, 0.6) is 0 Å². The van der Waals surface area contributed by atoms with E-state index in [1.165, 1.54) is 11.3 Å². The third-order valence-corrected chi connectivity index (χ3v) is 3.79. The van der Waals surface area contributed by atoms with E-state index in [0.29, 0.717) is 0 Å². The number of likely N-dealkylation sites (N-methyl/N-ethyl adjacent to an activating group) is 1. The molecule has 0 unspecified atom stereocenters. The lowest BCUT2D eigenvalue weighted by molar-refractivity contribution is 0.148. The van der Waals surface area contributed by atoms with Crippen LogP contribution in [0.4, 0.5) is 0 Å². The summed E-state index contributed by atoms with van der Waals surface area (Å²) in [6.07, 6.45) is 1.69. The van der Waals surface area contributed by atoms with Gasteiger partial charge in [-0.25, -0.2) is 4.98 Å². The molecule has 1 aromatic heterocycles. The Kier molecular flexibility index (Phi) is 3.52. The summed E-state index contributed by atoms with van der Waals surface area (Å²) in [6.45, 7) is 5.29. The van der Waals surface area contributed by atoms with Gasteiger partial charge in [0.2, 0.25) is 0 Å². The van der Waals surface area contributed by atoms with Crippen molar-refractivity contribution in [1.29, 1.82) is 5.41 Å². The van der Waals surface area contributed by atoms with E-state index in [-0.39, 0.29) is 5.84 Å². The van der Waals surface area contributed by atoms with Gasteiger partial charge in [-0.15, -0.1) is 11.3 Å². The van der Waals surface area contributed by atoms with E-state index in [1.54, 1.807) is 6.20 Å². The van der Waals surface area contributed by atoms with Crippen LogP contribution in [0.25, 0.3) is 0 Å². The molecule has 1 saturated heterocycles. The Hall–Kier alpha value is -0.980. The standard InChI is InChI=1S/C10H17N5S/c1-14-2-4-15(5-3-14)7-9-13-6-8(16-9)10(11)12/h6H,2-5,7H2,1H3,(H3,11,12). The van der Waals surface area contributed by atoms with E-state index in [4.69, 9.17) is 11.1 Å². The van der Waals surface area contributed by atoms with Crippen LogP contribution >= 0.6 is 11.3 Å². The van der Waals surface area contributed by atoms with Gasteiger partial charge in [-0.1, -0.05) is 0 Å². The molecule has 16 heavy (non-hydrogen) atoms. The highest BCUT2D eigenvalue weighted by Gasteiger charge is 2.15. The first kappa shape index (κ1) is 11.5. The summed E-state index contributed by atoms with van der Waals surface area (Å²) < 4.78 is 0. The van der Waals surface area contributed by atoms with Crippen molar-refractivity contribution in [2.75, 3.05) is 33.2 Å². The Labute approximate surface area is 99.4 Å². The Morgan fingerprint density at radius 3 is 2.75 bits per heavy atom. The molecule has 1 aliphatic rings. The van der Waals surface area contributed by atoms with E-state index >= 15 is 0 Å². The molecule has 5 nitrogen and oxygen atoms in total. The van der Waals surface area contributed by atoms with Gasteiger partial charge in [0.25, 0.3) is 0 Å². The molecular weight excluding hydrogens is 222 g/mol. The maximum Gasteiger partial charge on any atom is 0.134 e. The van der Waals surface area contributed by atoms with Crippen molar-refractivity contribution in [2.24, 2.45) is 5.73 Å². The highest BCUT2D eigenvalue weighted by molar-refractivity contribution is 7.13. The van der Waals surface area contributed by atoms with E-state index < -0.39 is 0 Å². The Balaban J connectivity index is 1.91. The smallest absolute Gasteiger partial charge is 0.134 e. The quantitative estimate of drug-likeness (QED) is 0.583. The predicted octanol–water partition coefficient (Wildman–Crippen LogP) is 0.175. The average Bonchev–Trinajstić information content (AvgIpc) is 2.70. The highest BCUT2D eigenvalue weighted by atomic mass is 32.1. The van der Waals surface area contributed by atoms with Crippen molar-refractivity contribution >= 4 is 17.2 Å². The molecule has 0 atom stereocenters. The summed E-state index contributed by atoms with van der Waals surface area (Å²) in [7, 11) is 2.15. The summed E-state index contributed by atoms with van der Waals surface area (Å²) in [5, 5.41) is 8.37. The van der Waals surface area contributed by atoms with Gasteiger partial charge in [-0.05, 0) is 7.05 Å². The first-order chi connectivity index (χ1) is 7.65. The van der Waals surface area contributed by atoms with Crippen molar-refractivity contribution in [1.82, 2.24) is 14.8 Å². The van der Waals surface area contributed by atoms with Gasteiger partial charge in [-0.3, -0.25) is 10.3 Å². The number of amidine groups is 1. The summed E-state index contributed by atoms with van der Waals surface area (Å²) in [6, 6.07) is 0. The van der Waals surface area contributed by atoms with Crippen LogP contribution in [0, 0.1) is 5.41 Å². The monoisotopic (exact) mass is 239 g/mol. The van der Waals surface area contributed by atoms with Gasteiger partial charge in [0.15, 0.2) is 0 Å². The molecule has 0 radical (unpaired) electrons. The second-order valence-electron chi connectivity index (χ2n) is 4.11. The SMILES string of the molecule is CN1CCN(Cc2ncc(C(=N)N)s2)CC1. The number of nitrogens with zero attached hydrogens (tertiary/aromatic N) is 3. The third kappa shape index (κ3) is 2.78. The lowest BCUT2D eigenvalue weighted by atomic mass is 10.3. The second kappa shape index (κ2) is 4.90. The van der Waals surface area contributed by atoms with E-state index in [1.807, 2.05) is 0 Å². The van der Waals surface area contributed by atoms with Crippen molar-refractivity contribution in [3.05, 3.63) is 16.1 Å². The Bertz CT molecular complexity index is 367. The second-order valence-corrected chi connectivity index (χ2v) is 5.23. The minimum atomic E-state index is 0.113. The van der Waals surface area contributed by atoms with Gasteiger partial charge in [0.05, 0.1) is 11.4 Å². The zero-order valence-corrected chi connectivity index (χ0v) is 10.3. The van der Waals surface area contributed by atoms with Crippen LogP contribution in [0.3, 0.4) is 0 Å². The minimum absolute atomic E-state index is 0.113. The number of nitrogen functional groups attached to an aromatic ring is 1. The predicted molar refractivity (Wildman–Crippen MR) is 65.9 cm³/mol. The van der Waals surface area contributed by atoms with Crippen molar-refractivity contribution < 1.29 is 0 Å². The van der Waals surface area contributed by atoms with E-state index in [9.17, 15) is 0 Å². The maximum absolute atomic E-state index is 7.32. The summed E-state index contributed by atoms with van der Waals surface area (Å²) in [4.78, 5) is 9.78. The molecule has 6 heteroatoms. The van der Waals surface area contributed by atoms with Gasteiger partial charge in [0, 0.05) is 32.4 Å². The van der Waals surface area contributed by atoms with E-state index in [2.05, 4.69) is 21.8 Å².